The predicted molar refractivity (Wildman–Crippen MR) is 114 cm³/mol. The number of para-hydroxylation sites is 1. The fourth-order valence-corrected chi connectivity index (χ4v) is 4.16. The molecule has 2 bridgehead atoms. The normalized spacial score (nSPS) is 26.1. The second kappa shape index (κ2) is 10.6. The van der Waals surface area contributed by atoms with Gasteiger partial charge in [0.2, 0.25) is 5.91 Å². The van der Waals surface area contributed by atoms with Crippen molar-refractivity contribution in [2.75, 3.05) is 40.9 Å². The Morgan fingerprint density at radius 3 is 2.71 bits per heavy atom. The number of rotatable bonds is 1. The molecule has 31 heavy (non-hydrogen) atoms. The van der Waals surface area contributed by atoms with Gasteiger partial charge in [-0.15, -0.1) is 0 Å². The molecule has 0 radical (unpaired) electrons. The van der Waals surface area contributed by atoms with Crippen molar-refractivity contribution < 1.29 is 23.8 Å². The first-order valence-corrected chi connectivity index (χ1v) is 10.8. The first-order chi connectivity index (χ1) is 14.9. The maximum absolute atomic E-state index is 13.0. The minimum atomic E-state index is -0.225. The van der Waals surface area contributed by atoms with E-state index in [1.165, 1.54) is 0 Å². The van der Waals surface area contributed by atoms with Crippen molar-refractivity contribution in [1.29, 1.82) is 5.26 Å². The van der Waals surface area contributed by atoms with Crippen molar-refractivity contribution in [1.82, 2.24) is 9.80 Å². The summed E-state index contributed by atoms with van der Waals surface area (Å²) in [6.07, 6.45) is 2.88. The zero-order chi connectivity index (χ0) is 22.4. The van der Waals surface area contributed by atoms with Gasteiger partial charge in [-0.25, -0.2) is 0 Å². The van der Waals surface area contributed by atoms with Gasteiger partial charge >= 0.3 is 0 Å². The zero-order valence-corrected chi connectivity index (χ0v) is 18.5. The van der Waals surface area contributed by atoms with Gasteiger partial charge in [0.25, 0.3) is 5.91 Å². The van der Waals surface area contributed by atoms with Gasteiger partial charge in [-0.3, -0.25) is 9.59 Å². The van der Waals surface area contributed by atoms with Crippen LogP contribution in [-0.2, 0) is 14.3 Å². The van der Waals surface area contributed by atoms with Gasteiger partial charge in [0, 0.05) is 47.1 Å². The first kappa shape index (κ1) is 23.0. The lowest BCUT2D eigenvalue weighted by molar-refractivity contribution is -0.150. The van der Waals surface area contributed by atoms with Crippen molar-refractivity contribution in [3.63, 3.8) is 0 Å². The molecule has 2 heterocycles. The largest absolute Gasteiger partial charge is 0.491 e. The molecule has 1 saturated heterocycles. The molecule has 0 spiro atoms. The quantitative estimate of drug-likeness (QED) is 0.680. The van der Waals surface area contributed by atoms with E-state index in [-0.39, 0.29) is 30.1 Å². The topological polar surface area (TPSA) is 92.1 Å². The lowest BCUT2D eigenvalue weighted by Crippen LogP contribution is -2.47. The van der Waals surface area contributed by atoms with Crippen LogP contribution >= 0.6 is 0 Å². The van der Waals surface area contributed by atoms with Gasteiger partial charge in [0.05, 0.1) is 29.9 Å². The molecule has 0 N–H and O–H groups in total. The number of carbonyl (C=O) groups is 2. The molecule has 2 amide bonds. The number of ether oxygens (including phenoxy) is 3. The lowest BCUT2D eigenvalue weighted by Gasteiger charge is -2.37. The molecule has 1 fully saturated rings. The highest BCUT2D eigenvalue weighted by molar-refractivity contribution is 5.97. The van der Waals surface area contributed by atoms with Crippen LogP contribution in [0.1, 0.15) is 48.0 Å². The van der Waals surface area contributed by atoms with Crippen LogP contribution in [0.4, 0.5) is 0 Å². The third-order valence-electron chi connectivity index (χ3n) is 6.02. The molecule has 3 rings (SSSR count). The lowest BCUT2D eigenvalue weighted by atomic mass is 9.98. The third kappa shape index (κ3) is 5.54. The molecule has 0 aromatic heterocycles. The summed E-state index contributed by atoms with van der Waals surface area (Å²) in [6, 6.07) is 7.12. The molecule has 168 valence electrons. The maximum atomic E-state index is 13.0. The highest BCUT2D eigenvalue weighted by atomic mass is 16.5. The summed E-state index contributed by atoms with van der Waals surface area (Å²) in [6.45, 7) is 1.22. The Labute approximate surface area is 183 Å². The van der Waals surface area contributed by atoms with E-state index >= 15 is 0 Å². The van der Waals surface area contributed by atoms with E-state index in [0.29, 0.717) is 55.8 Å². The van der Waals surface area contributed by atoms with Crippen molar-refractivity contribution in [3.8, 4) is 11.8 Å². The summed E-state index contributed by atoms with van der Waals surface area (Å²) in [5.74, 6) is 0.104. The average Bonchev–Trinajstić information content (AvgIpc) is 2.78. The van der Waals surface area contributed by atoms with Crippen LogP contribution < -0.4 is 4.74 Å². The van der Waals surface area contributed by atoms with Crippen LogP contribution in [0.2, 0.25) is 0 Å². The number of nitriles is 1. The Hall–Kier alpha value is -2.63. The molecule has 1 aromatic carbocycles. The van der Waals surface area contributed by atoms with Crippen molar-refractivity contribution in [2.24, 2.45) is 0 Å². The molecule has 1 aromatic rings. The van der Waals surface area contributed by atoms with Crippen LogP contribution in [0.3, 0.4) is 0 Å². The van der Waals surface area contributed by atoms with E-state index in [2.05, 4.69) is 6.07 Å². The van der Waals surface area contributed by atoms with Gasteiger partial charge in [-0.2, -0.15) is 5.26 Å². The number of methoxy groups -OCH3 is 1. The maximum Gasteiger partial charge on any atom is 0.257 e. The number of hydrogen-bond donors (Lipinski definition) is 0. The van der Waals surface area contributed by atoms with Crippen molar-refractivity contribution in [3.05, 3.63) is 29.3 Å². The van der Waals surface area contributed by atoms with Gasteiger partial charge in [0.15, 0.2) is 0 Å². The summed E-state index contributed by atoms with van der Waals surface area (Å²) in [5, 5.41) is 9.50. The van der Waals surface area contributed by atoms with Crippen molar-refractivity contribution >= 4 is 11.8 Å². The number of fused-ring (bicyclic) bond motifs is 3. The van der Waals surface area contributed by atoms with Crippen LogP contribution in [0, 0.1) is 11.3 Å². The highest BCUT2D eigenvalue weighted by Crippen LogP contribution is 2.28. The van der Waals surface area contributed by atoms with E-state index in [1.54, 1.807) is 49.2 Å². The van der Waals surface area contributed by atoms with E-state index in [0.717, 1.165) is 12.8 Å². The van der Waals surface area contributed by atoms with Crippen LogP contribution in [-0.4, -0.2) is 80.8 Å². The molecule has 3 atom stereocenters. The smallest absolute Gasteiger partial charge is 0.257 e. The van der Waals surface area contributed by atoms with Gasteiger partial charge in [-0.05, 0) is 31.4 Å². The molecule has 0 saturated carbocycles. The Bertz CT molecular complexity index is 837. The Morgan fingerprint density at radius 2 is 1.97 bits per heavy atom. The van der Waals surface area contributed by atoms with E-state index in [9.17, 15) is 14.9 Å². The number of carbonyl (C=O) groups excluding carboxylic acids is 2. The average molecular weight is 430 g/mol. The van der Waals surface area contributed by atoms with E-state index in [1.807, 2.05) is 0 Å². The van der Waals surface area contributed by atoms with E-state index in [4.69, 9.17) is 14.2 Å². The molecule has 0 unspecified atom stereocenters. The third-order valence-corrected chi connectivity index (χ3v) is 6.02. The first-order valence-electron chi connectivity index (χ1n) is 10.8. The van der Waals surface area contributed by atoms with Crippen LogP contribution in [0.15, 0.2) is 18.2 Å². The van der Waals surface area contributed by atoms with Crippen molar-refractivity contribution in [2.45, 2.75) is 50.4 Å². The highest BCUT2D eigenvalue weighted by Gasteiger charge is 2.33. The standard InChI is InChI=1S/C23H31N3O5/c1-25-12-5-8-21(27)26(2)15-20-19(29-3)10-9-17(31-20)11-13-30-22-16(14-24)6-4-7-18(22)23(25)28/h4,6-7,17,19-20H,5,8-13,15H2,1-3H3/t17-,19-,20-/m1/s1. The Balaban J connectivity index is 1.85. The summed E-state index contributed by atoms with van der Waals surface area (Å²) < 4.78 is 17.8. The minimum Gasteiger partial charge on any atom is -0.491 e. The molecule has 2 aliphatic heterocycles. The molecule has 2 aliphatic rings. The molecular weight excluding hydrogens is 398 g/mol. The SMILES string of the molecule is CO[C@@H]1CC[C@@H]2CCOc3c(C#N)cccc3C(=O)N(C)CCCC(=O)N(C)C[C@H]1O2. The second-order valence-electron chi connectivity index (χ2n) is 8.18. The van der Waals surface area contributed by atoms with Crippen LogP contribution in [0.5, 0.6) is 5.75 Å². The van der Waals surface area contributed by atoms with Crippen LogP contribution in [0.25, 0.3) is 0 Å². The zero-order valence-electron chi connectivity index (χ0n) is 18.5. The fraction of sp³-hybridized carbons (Fsp3) is 0.609. The number of likely N-dealkylation sites (N-methyl/N-ethyl adjacent to an activating group) is 1. The number of nitrogens with zero attached hydrogens (tertiary/aromatic N) is 3. The van der Waals surface area contributed by atoms with Gasteiger partial charge in [0.1, 0.15) is 17.9 Å². The number of amides is 2. The number of hydrogen-bond acceptors (Lipinski definition) is 6. The summed E-state index contributed by atoms with van der Waals surface area (Å²) >= 11 is 0. The second-order valence-corrected chi connectivity index (χ2v) is 8.18. The predicted octanol–water partition coefficient (Wildman–Crippen LogP) is 2.21. The molecule has 8 nitrogen and oxygen atoms in total. The molecule has 0 aliphatic carbocycles. The summed E-state index contributed by atoms with van der Waals surface area (Å²) in [4.78, 5) is 28.9. The van der Waals surface area contributed by atoms with E-state index < -0.39 is 0 Å². The van der Waals surface area contributed by atoms with Gasteiger partial charge in [-0.1, -0.05) is 6.07 Å². The summed E-state index contributed by atoms with van der Waals surface area (Å²) in [7, 11) is 5.15. The van der Waals surface area contributed by atoms with Gasteiger partial charge < -0.3 is 24.0 Å². The number of benzene rings is 1. The fourth-order valence-electron chi connectivity index (χ4n) is 4.16. The monoisotopic (exact) mass is 429 g/mol. The minimum absolute atomic E-state index is 0.0176. The Morgan fingerprint density at radius 1 is 1.16 bits per heavy atom. The molecule has 8 heteroatoms. The molecular formula is C23H31N3O5. The summed E-state index contributed by atoms with van der Waals surface area (Å²) in [5.41, 5.74) is 0.693. The Kier molecular flexibility index (Phi) is 7.88.